The Morgan fingerprint density at radius 2 is 1.44 bits per heavy atom. The minimum Gasteiger partial charge on any atom is -0.497 e. The highest BCUT2D eigenvalue weighted by Gasteiger charge is 2.48. The van der Waals surface area contributed by atoms with E-state index < -0.39 is 22.8 Å². The van der Waals surface area contributed by atoms with Crippen molar-refractivity contribution in [3.8, 4) is 5.75 Å². The largest absolute Gasteiger partial charge is 0.497 e. The molecule has 4 aromatic carbocycles. The second kappa shape index (κ2) is 14.2. The summed E-state index contributed by atoms with van der Waals surface area (Å²) >= 11 is 0. The number of nitrogens with zero attached hydrogens (tertiary/aromatic N) is 2. The third-order valence-corrected chi connectivity index (χ3v) is 10.2. The normalized spacial score (nSPS) is 20.4. The number of methoxy groups -OCH3 is 1. The molecule has 0 amide bonds. The van der Waals surface area contributed by atoms with Gasteiger partial charge >= 0.3 is 11.9 Å². The van der Waals surface area contributed by atoms with Gasteiger partial charge in [0.2, 0.25) is 5.69 Å². The molecule has 2 aliphatic heterocycles. The number of anilines is 1. The number of fused-ring (bicyclic) bond motifs is 2. The van der Waals surface area contributed by atoms with Crippen molar-refractivity contribution in [1.82, 2.24) is 0 Å². The van der Waals surface area contributed by atoms with Gasteiger partial charge in [-0.05, 0) is 80.6 Å². The van der Waals surface area contributed by atoms with Crippen LogP contribution in [0.1, 0.15) is 54.5 Å². The van der Waals surface area contributed by atoms with Gasteiger partial charge in [0.15, 0.2) is 12.3 Å². The molecule has 50 heavy (non-hydrogen) atoms. The van der Waals surface area contributed by atoms with Gasteiger partial charge in [-0.15, -0.1) is 0 Å². The fourth-order valence-corrected chi connectivity index (χ4v) is 7.83. The van der Waals surface area contributed by atoms with Gasteiger partial charge in [0.25, 0.3) is 0 Å². The molecule has 0 bridgehead atoms. The standard InChI is InChI=1S/C43H44N2O5/c1-30-18-20-36-34(26-30)42(2,28-31-12-7-5-8-13-31)38(44(36)24-22-40(46)47)16-11-17-39-43(3,29-32-14-9-6-10-15-32)35-27-33(50-4)19-21-37(35)45(39)25-23-41(48)49/h5-21,26-27H,22-25,28-29H2,1-4H3,(H-,46,47,48,49)/p+1. The van der Waals surface area contributed by atoms with Crippen molar-refractivity contribution in [2.24, 2.45) is 0 Å². The topological polar surface area (TPSA) is 90.1 Å². The van der Waals surface area contributed by atoms with E-state index in [2.05, 4.69) is 109 Å². The molecule has 4 aromatic rings. The number of aryl methyl sites for hydroxylation is 1. The van der Waals surface area contributed by atoms with E-state index in [9.17, 15) is 19.8 Å². The van der Waals surface area contributed by atoms with E-state index in [0.29, 0.717) is 19.5 Å². The SMILES string of the molecule is COc1ccc2c(c1)C(C)(Cc1ccccc1)/C(=C/C=C/C1=[N+](CCC(=O)O)c3ccc(C)cc3C1(C)Cc1ccccc1)N2CCC(=O)O. The summed E-state index contributed by atoms with van der Waals surface area (Å²) in [4.78, 5) is 25.9. The highest BCUT2D eigenvalue weighted by atomic mass is 16.5. The molecule has 2 N–H and O–H groups in total. The van der Waals surface area contributed by atoms with Gasteiger partial charge in [0.1, 0.15) is 12.2 Å². The highest BCUT2D eigenvalue weighted by molar-refractivity contribution is 6.04. The van der Waals surface area contributed by atoms with Crippen LogP contribution in [0.2, 0.25) is 0 Å². The van der Waals surface area contributed by atoms with E-state index in [4.69, 9.17) is 4.74 Å². The lowest BCUT2D eigenvalue weighted by molar-refractivity contribution is -0.436. The molecule has 256 valence electrons. The fourth-order valence-electron chi connectivity index (χ4n) is 7.83. The first-order chi connectivity index (χ1) is 24.0. The van der Waals surface area contributed by atoms with Gasteiger partial charge in [0.05, 0.1) is 18.9 Å². The highest BCUT2D eigenvalue weighted by Crippen LogP contribution is 2.51. The molecule has 0 spiro atoms. The molecule has 0 aliphatic carbocycles. The van der Waals surface area contributed by atoms with Crippen molar-refractivity contribution in [3.05, 3.63) is 149 Å². The Labute approximate surface area is 294 Å². The van der Waals surface area contributed by atoms with Crippen LogP contribution < -0.4 is 9.64 Å². The Morgan fingerprint density at radius 1 is 0.800 bits per heavy atom. The Bertz CT molecular complexity index is 2000. The predicted molar refractivity (Wildman–Crippen MR) is 198 cm³/mol. The van der Waals surface area contributed by atoms with E-state index in [1.807, 2.05) is 36.4 Å². The van der Waals surface area contributed by atoms with Crippen LogP contribution in [-0.2, 0) is 33.3 Å². The monoisotopic (exact) mass is 669 g/mol. The number of ether oxygens (including phenoxy) is 1. The molecule has 6 rings (SSSR count). The predicted octanol–water partition coefficient (Wildman–Crippen LogP) is 8.01. The number of carboxylic acid groups (broad SMARTS) is 2. The molecule has 2 aliphatic rings. The zero-order valence-corrected chi connectivity index (χ0v) is 29.2. The number of benzene rings is 4. The summed E-state index contributed by atoms with van der Waals surface area (Å²) in [5, 5.41) is 19.5. The van der Waals surface area contributed by atoms with Crippen LogP contribution >= 0.6 is 0 Å². The Hall–Kier alpha value is -5.43. The van der Waals surface area contributed by atoms with Gasteiger partial charge in [-0.1, -0.05) is 78.4 Å². The molecule has 0 saturated carbocycles. The summed E-state index contributed by atoms with van der Waals surface area (Å²) in [6.45, 7) is 7.22. The maximum atomic E-state index is 11.9. The third kappa shape index (κ3) is 6.73. The Morgan fingerprint density at radius 3 is 2.06 bits per heavy atom. The van der Waals surface area contributed by atoms with Crippen LogP contribution in [0.3, 0.4) is 0 Å². The van der Waals surface area contributed by atoms with Gasteiger partial charge in [-0.3, -0.25) is 9.59 Å². The molecule has 2 atom stereocenters. The quantitative estimate of drug-likeness (QED) is 0.140. The van der Waals surface area contributed by atoms with Gasteiger partial charge in [-0.2, -0.15) is 4.58 Å². The maximum absolute atomic E-state index is 11.9. The average molecular weight is 670 g/mol. The van der Waals surface area contributed by atoms with Crippen molar-refractivity contribution in [3.63, 3.8) is 0 Å². The Balaban J connectivity index is 1.51. The van der Waals surface area contributed by atoms with Crippen LogP contribution in [0.5, 0.6) is 5.75 Å². The lowest BCUT2D eigenvalue weighted by Crippen LogP contribution is -2.34. The van der Waals surface area contributed by atoms with Crippen LogP contribution in [0.4, 0.5) is 11.4 Å². The number of allylic oxidation sites excluding steroid dienone is 4. The van der Waals surface area contributed by atoms with Crippen molar-refractivity contribution in [2.45, 2.75) is 57.3 Å². The summed E-state index contributed by atoms with van der Waals surface area (Å²) in [6, 6.07) is 33.2. The summed E-state index contributed by atoms with van der Waals surface area (Å²) in [5.41, 5.74) is 8.87. The first-order valence-corrected chi connectivity index (χ1v) is 17.2. The van der Waals surface area contributed by atoms with E-state index in [1.54, 1.807) is 7.11 Å². The van der Waals surface area contributed by atoms with Gasteiger partial charge < -0.3 is 19.8 Å². The van der Waals surface area contributed by atoms with E-state index >= 15 is 0 Å². The number of rotatable bonds is 13. The number of hydrogen-bond donors (Lipinski definition) is 2. The van der Waals surface area contributed by atoms with E-state index in [0.717, 1.165) is 46.1 Å². The van der Waals surface area contributed by atoms with Crippen LogP contribution in [0.25, 0.3) is 0 Å². The second-order valence-electron chi connectivity index (χ2n) is 13.8. The first-order valence-electron chi connectivity index (χ1n) is 17.2. The number of aliphatic carboxylic acids is 2. The lowest BCUT2D eigenvalue weighted by Gasteiger charge is -2.30. The van der Waals surface area contributed by atoms with Crippen molar-refractivity contribution >= 4 is 29.0 Å². The van der Waals surface area contributed by atoms with Crippen molar-refractivity contribution in [2.75, 3.05) is 25.1 Å². The lowest BCUT2D eigenvalue weighted by atomic mass is 9.74. The van der Waals surface area contributed by atoms with Gasteiger partial charge in [-0.25, -0.2) is 0 Å². The van der Waals surface area contributed by atoms with E-state index in [1.165, 1.54) is 16.7 Å². The minimum absolute atomic E-state index is 0.00240. The molecular weight excluding hydrogens is 624 g/mol. The molecule has 0 aromatic heterocycles. The fraction of sp³-hybridized carbons (Fsp3) is 0.279. The van der Waals surface area contributed by atoms with Gasteiger partial charge in [0, 0.05) is 41.1 Å². The Kier molecular flexibility index (Phi) is 9.78. The molecule has 2 heterocycles. The molecular formula is C43H45N2O5+. The zero-order chi connectivity index (χ0) is 35.5. The maximum Gasteiger partial charge on any atom is 0.309 e. The summed E-state index contributed by atoms with van der Waals surface area (Å²) in [7, 11) is 1.66. The molecule has 2 unspecified atom stereocenters. The van der Waals surface area contributed by atoms with Crippen LogP contribution in [0.15, 0.2) is 121 Å². The molecule has 0 saturated heterocycles. The number of carboxylic acids is 2. The first kappa shape index (κ1) is 34.4. The minimum atomic E-state index is -0.855. The second-order valence-corrected chi connectivity index (χ2v) is 13.8. The molecule has 0 radical (unpaired) electrons. The molecule has 7 nitrogen and oxygen atoms in total. The summed E-state index contributed by atoms with van der Waals surface area (Å²) < 4.78 is 7.83. The smallest absolute Gasteiger partial charge is 0.309 e. The summed E-state index contributed by atoms with van der Waals surface area (Å²) in [6.07, 6.45) is 7.76. The van der Waals surface area contributed by atoms with Crippen LogP contribution in [-0.4, -0.2) is 52.6 Å². The number of hydrogen-bond acceptors (Lipinski definition) is 4. The number of carbonyl (C=O) groups is 2. The summed E-state index contributed by atoms with van der Waals surface area (Å²) in [5.74, 6) is -0.948. The van der Waals surface area contributed by atoms with Crippen molar-refractivity contribution in [1.29, 1.82) is 0 Å². The molecule has 7 heteroatoms. The van der Waals surface area contributed by atoms with Crippen LogP contribution in [0, 0.1) is 6.92 Å². The zero-order valence-electron chi connectivity index (χ0n) is 29.2. The molecule has 0 fully saturated rings. The third-order valence-electron chi connectivity index (χ3n) is 10.2. The average Bonchev–Trinajstić information content (AvgIpc) is 3.46. The van der Waals surface area contributed by atoms with Crippen molar-refractivity contribution < 1.29 is 29.1 Å². The van der Waals surface area contributed by atoms with E-state index in [-0.39, 0.29) is 12.8 Å².